The Kier molecular flexibility index (Phi) is 6.39. The summed E-state index contributed by atoms with van der Waals surface area (Å²) >= 11 is 1.17. The maximum atomic E-state index is 13.0. The fourth-order valence-corrected chi connectivity index (χ4v) is 5.73. The first kappa shape index (κ1) is 21.9. The van der Waals surface area contributed by atoms with Gasteiger partial charge in [0, 0.05) is 19.0 Å². The zero-order valence-corrected chi connectivity index (χ0v) is 18.9. The van der Waals surface area contributed by atoms with Crippen molar-refractivity contribution in [2.24, 2.45) is 0 Å². The second-order valence-electron chi connectivity index (χ2n) is 7.65. The smallest absolute Gasteiger partial charge is 0.243 e. The molecule has 2 heterocycles. The number of anilines is 1. The third kappa shape index (κ3) is 4.80. The Morgan fingerprint density at radius 1 is 1.26 bits per heavy atom. The topological polar surface area (TPSA) is 132 Å². The molecule has 12 heteroatoms. The second-order valence-corrected chi connectivity index (χ2v) is 10.5. The summed E-state index contributed by atoms with van der Waals surface area (Å²) in [7, 11) is -2.16. The number of thioether (sulfide) groups is 1. The molecule has 0 atom stereocenters. The molecule has 0 bridgehead atoms. The van der Waals surface area contributed by atoms with Gasteiger partial charge in [-0.05, 0) is 43.9 Å². The quantitative estimate of drug-likeness (QED) is 0.444. The van der Waals surface area contributed by atoms with Crippen LogP contribution in [0, 0.1) is 0 Å². The number of nitrogens with two attached hydrogens (primary N) is 1. The average Bonchev–Trinajstić information content (AvgIpc) is 3.55. The molecule has 1 aromatic carbocycles. The van der Waals surface area contributed by atoms with Crippen LogP contribution in [0.1, 0.15) is 43.8 Å². The highest BCUT2D eigenvalue weighted by atomic mass is 32.2. The Labute approximate surface area is 185 Å². The standard InChI is InChI=1S/C19H26N6O4S2/c1-29-16-8-7-14(31(27,28)24-9-3-2-4-10-24)11-15(16)21-17(26)12-30-19-23-22-18(25(19)20)13-5-6-13/h7-8,11,13H,2-6,9-10,12,20H2,1H3,(H,21,26). The van der Waals surface area contributed by atoms with E-state index >= 15 is 0 Å². The van der Waals surface area contributed by atoms with Gasteiger partial charge in [-0.1, -0.05) is 18.2 Å². The maximum Gasteiger partial charge on any atom is 0.243 e. The van der Waals surface area contributed by atoms with Gasteiger partial charge in [-0.3, -0.25) is 4.79 Å². The summed E-state index contributed by atoms with van der Waals surface area (Å²) in [5.74, 6) is 7.21. The molecule has 0 unspecified atom stereocenters. The zero-order valence-electron chi connectivity index (χ0n) is 17.3. The molecule has 2 fully saturated rings. The van der Waals surface area contributed by atoms with Gasteiger partial charge in [0.25, 0.3) is 0 Å². The molecular weight excluding hydrogens is 440 g/mol. The van der Waals surface area contributed by atoms with Gasteiger partial charge in [-0.25, -0.2) is 13.1 Å². The van der Waals surface area contributed by atoms with E-state index in [-0.39, 0.29) is 16.6 Å². The van der Waals surface area contributed by atoms with Crippen molar-refractivity contribution in [1.82, 2.24) is 19.2 Å². The molecule has 0 spiro atoms. The van der Waals surface area contributed by atoms with Crippen LogP contribution in [-0.2, 0) is 14.8 Å². The minimum atomic E-state index is -3.62. The number of aromatic nitrogens is 3. The summed E-state index contributed by atoms with van der Waals surface area (Å²) in [5, 5.41) is 11.3. The van der Waals surface area contributed by atoms with E-state index in [1.54, 1.807) is 6.07 Å². The van der Waals surface area contributed by atoms with Gasteiger partial charge >= 0.3 is 0 Å². The van der Waals surface area contributed by atoms with Gasteiger partial charge in [0.05, 0.1) is 23.4 Å². The van der Waals surface area contributed by atoms with Crippen LogP contribution in [-0.4, -0.2) is 59.5 Å². The first-order valence-electron chi connectivity index (χ1n) is 10.2. The number of piperidine rings is 1. The van der Waals surface area contributed by atoms with Crippen LogP contribution in [0.3, 0.4) is 0 Å². The number of methoxy groups -OCH3 is 1. The summed E-state index contributed by atoms with van der Waals surface area (Å²) in [6.07, 6.45) is 4.84. The molecule has 10 nitrogen and oxygen atoms in total. The Morgan fingerprint density at radius 2 is 2.00 bits per heavy atom. The van der Waals surface area contributed by atoms with Crippen LogP contribution in [0.25, 0.3) is 0 Å². The molecule has 1 saturated carbocycles. The molecule has 2 aromatic rings. The predicted octanol–water partition coefficient (Wildman–Crippen LogP) is 1.78. The largest absolute Gasteiger partial charge is 0.495 e. The lowest BCUT2D eigenvalue weighted by Crippen LogP contribution is -2.35. The minimum Gasteiger partial charge on any atom is -0.495 e. The summed E-state index contributed by atoms with van der Waals surface area (Å²) < 4.78 is 34.2. The molecule has 0 radical (unpaired) electrons. The predicted molar refractivity (Wildman–Crippen MR) is 117 cm³/mol. The number of rotatable bonds is 8. The molecular formula is C19H26N6O4S2. The number of hydrogen-bond acceptors (Lipinski definition) is 8. The Balaban J connectivity index is 1.45. The molecule has 2 aliphatic rings. The van der Waals surface area contributed by atoms with Gasteiger partial charge < -0.3 is 15.9 Å². The molecule has 1 aliphatic heterocycles. The number of nitrogens with one attached hydrogen (secondary N) is 1. The second kappa shape index (κ2) is 9.05. The number of carbonyl (C=O) groups is 1. The Bertz CT molecular complexity index is 1060. The van der Waals surface area contributed by atoms with Crippen LogP contribution in [0.15, 0.2) is 28.3 Å². The van der Waals surface area contributed by atoms with Crippen molar-refractivity contribution in [2.75, 3.05) is 37.1 Å². The number of nitrogens with zero attached hydrogens (tertiary/aromatic N) is 4. The van der Waals surface area contributed by atoms with Crippen molar-refractivity contribution in [3.8, 4) is 5.75 Å². The van der Waals surface area contributed by atoms with E-state index in [0.717, 1.165) is 37.9 Å². The summed E-state index contributed by atoms with van der Waals surface area (Å²) in [6.45, 7) is 1.02. The number of amides is 1. The molecule has 1 aliphatic carbocycles. The van der Waals surface area contributed by atoms with Gasteiger partial charge in [0.15, 0.2) is 5.82 Å². The molecule has 1 amide bonds. The number of ether oxygens (including phenoxy) is 1. The average molecular weight is 467 g/mol. The molecule has 3 N–H and O–H groups in total. The van der Waals surface area contributed by atoms with Gasteiger partial charge in [-0.2, -0.15) is 4.31 Å². The number of benzene rings is 1. The minimum absolute atomic E-state index is 0.0479. The van der Waals surface area contributed by atoms with Crippen LogP contribution >= 0.6 is 11.8 Å². The lowest BCUT2D eigenvalue weighted by molar-refractivity contribution is -0.113. The van der Waals surface area contributed by atoms with E-state index in [1.165, 1.54) is 40.0 Å². The van der Waals surface area contributed by atoms with E-state index in [4.69, 9.17) is 10.6 Å². The van der Waals surface area contributed by atoms with Gasteiger partial charge in [-0.15, -0.1) is 10.2 Å². The summed E-state index contributed by atoms with van der Waals surface area (Å²) in [5.41, 5.74) is 0.305. The van der Waals surface area contributed by atoms with E-state index in [1.807, 2.05) is 0 Å². The van der Waals surface area contributed by atoms with Crippen molar-refractivity contribution in [3.05, 3.63) is 24.0 Å². The molecule has 168 valence electrons. The zero-order chi connectivity index (χ0) is 22.0. The van der Waals surface area contributed by atoms with Crippen molar-refractivity contribution in [1.29, 1.82) is 0 Å². The third-order valence-electron chi connectivity index (χ3n) is 5.36. The molecule has 1 saturated heterocycles. The third-order valence-corrected chi connectivity index (χ3v) is 8.20. The van der Waals surface area contributed by atoms with Crippen LogP contribution in [0.5, 0.6) is 5.75 Å². The van der Waals surface area contributed by atoms with Crippen LogP contribution in [0.2, 0.25) is 0 Å². The van der Waals surface area contributed by atoms with Crippen molar-refractivity contribution < 1.29 is 17.9 Å². The molecule has 31 heavy (non-hydrogen) atoms. The van der Waals surface area contributed by atoms with E-state index in [9.17, 15) is 13.2 Å². The number of hydrogen-bond donors (Lipinski definition) is 2. The normalized spacial score (nSPS) is 17.5. The van der Waals surface area contributed by atoms with Gasteiger partial charge in [0.1, 0.15) is 5.75 Å². The van der Waals surface area contributed by atoms with Crippen molar-refractivity contribution in [2.45, 2.75) is 48.1 Å². The van der Waals surface area contributed by atoms with Crippen LogP contribution < -0.4 is 15.9 Å². The van der Waals surface area contributed by atoms with Crippen molar-refractivity contribution >= 4 is 33.4 Å². The SMILES string of the molecule is COc1ccc(S(=O)(=O)N2CCCCC2)cc1NC(=O)CSc1nnc(C2CC2)n1N. The van der Waals surface area contributed by atoms with E-state index < -0.39 is 10.0 Å². The number of sulfonamides is 1. The summed E-state index contributed by atoms with van der Waals surface area (Å²) in [4.78, 5) is 12.7. The van der Waals surface area contributed by atoms with E-state index in [2.05, 4.69) is 15.5 Å². The number of carbonyl (C=O) groups excluding carboxylic acids is 1. The molecule has 1 aromatic heterocycles. The Morgan fingerprint density at radius 3 is 2.68 bits per heavy atom. The highest BCUT2D eigenvalue weighted by molar-refractivity contribution is 7.99. The fourth-order valence-electron chi connectivity index (χ4n) is 3.52. The monoisotopic (exact) mass is 466 g/mol. The number of nitrogen functional groups attached to an aromatic ring is 1. The highest BCUT2D eigenvalue weighted by Crippen LogP contribution is 2.39. The first-order chi connectivity index (χ1) is 14.9. The lowest BCUT2D eigenvalue weighted by atomic mass is 10.2. The lowest BCUT2D eigenvalue weighted by Gasteiger charge is -2.26. The highest BCUT2D eigenvalue weighted by Gasteiger charge is 2.30. The van der Waals surface area contributed by atoms with E-state index in [0.29, 0.717) is 35.6 Å². The van der Waals surface area contributed by atoms with Gasteiger partial charge in [0.2, 0.25) is 21.1 Å². The van der Waals surface area contributed by atoms with Crippen LogP contribution in [0.4, 0.5) is 5.69 Å². The summed E-state index contributed by atoms with van der Waals surface area (Å²) in [6, 6.07) is 4.50. The fraction of sp³-hybridized carbons (Fsp3) is 0.526. The maximum absolute atomic E-state index is 13.0. The van der Waals surface area contributed by atoms with Crippen molar-refractivity contribution in [3.63, 3.8) is 0 Å². The first-order valence-corrected chi connectivity index (χ1v) is 12.6. The molecule has 4 rings (SSSR count). The Hall–Kier alpha value is -2.31.